The molecule has 2 atom stereocenters. The van der Waals surface area contributed by atoms with Gasteiger partial charge in [0.25, 0.3) is 0 Å². The molecule has 0 N–H and O–H groups in total. The molecule has 0 amide bonds. The molecule has 0 aromatic carbocycles. The van der Waals surface area contributed by atoms with Crippen molar-refractivity contribution in [1.82, 2.24) is 0 Å². The van der Waals surface area contributed by atoms with Gasteiger partial charge in [-0.15, -0.1) is 0 Å². The fraction of sp³-hybridized carbons (Fsp3) is 1.00. The van der Waals surface area contributed by atoms with Crippen molar-refractivity contribution in [2.24, 2.45) is 0 Å². The van der Waals surface area contributed by atoms with Crippen molar-refractivity contribution in [2.75, 3.05) is 7.11 Å². The van der Waals surface area contributed by atoms with Crippen LogP contribution in [-0.4, -0.2) is 31.3 Å². The largest absolute Gasteiger partial charge is 0.423 e. The molecule has 86 valence electrons. The van der Waals surface area contributed by atoms with Gasteiger partial charge < -0.3 is 8.85 Å². The van der Waals surface area contributed by atoms with Gasteiger partial charge >= 0.3 is 0 Å². The highest BCUT2D eigenvalue weighted by atomic mass is 28.3. The molecule has 2 unspecified atom stereocenters. The summed E-state index contributed by atoms with van der Waals surface area (Å²) in [6, 6.07) is 5.13. The van der Waals surface area contributed by atoms with E-state index in [1.807, 2.05) is 7.11 Å². The summed E-state index contributed by atoms with van der Waals surface area (Å²) >= 11 is 0. The monoisotopic (exact) mass is 234 g/mol. The van der Waals surface area contributed by atoms with Crippen LogP contribution in [0, 0.1) is 0 Å². The summed E-state index contributed by atoms with van der Waals surface area (Å²) in [5, 5.41) is 0. The highest BCUT2D eigenvalue weighted by Crippen LogP contribution is 2.12. The highest BCUT2D eigenvalue weighted by Gasteiger charge is 2.15. The van der Waals surface area contributed by atoms with Crippen LogP contribution in [0.5, 0.6) is 0 Å². The minimum Gasteiger partial charge on any atom is -0.423 e. The van der Waals surface area contributed by atoms with Crippen molar-refractivity contribution in [3.05, 3.63) is 0 Å². The van der Waals surface area contributed by atoms with Gasteiger partial charge in [-0.3, -0.25) is 0 Å². The molecule has 4 heteroatoms. The second-order valence-electron chi connectivity index (χ2n) is 4.06. The molecule has 0 bridgehead atoms. The van der Waals surface area contributed by atoms with Gasteiger partial charge in [-0.2, -0.15) is 0 Å². The summed E-state index contributed by atoms with van der Waals surface area (Å²) in [5.74, 6) is 0. The molecular formula is C10H26O2Si2. The molecule has 0 aliphatic rings. The van der Waals surface area contributed by atoms with E-state index >= 15 is 0 Å². The Labute approximate surface area is 92.5 Å². The van der Waals surface area contributed by atoms with Gasteiger partial charge in [-0.1, -0.05) is 13.8 Å². The normalized spacial score (nSPS) is 15.9. The third-order valence-corrected chi connectivity index (χ3v) is 8.56. The van der Waals surface area contributed by atoms with E-state index in [1.165, 1.54) is 24.2 Å². The van der Waals surface area contributed by atoms with Crippen molar-refractivity contribution in [1.29, 1.82) is 0 Å². The molecule has 2 nitrogen and oxygen atoms in total. The Bertz CT molecular complexity index is 127. The minimum absolute atomic E-state index is 0.413. The van der Waals surface area contributed by atoms with Crippen molar-refractivity contribution >= 4 is 18.1 Å². The van der Waals surface area contributed by atoms with Crippen LogP contribution in [0.2, 0.25) is 24.2 Å². The lowest BCUT2D eigenvalue weighted by atomic mass is 10.5. The van der Waals surface area contributed by atoms with Crippen LogP contribution in [0.3, 0.4) is 0 Å². The Kier molecular flexibility index (Phi) is 8.86. The average Bonchev–Trinajstić information content (AvgIpc) is 2.17. The zero-order chi connectivity index (χ0) is 11.0. The van der Waals surface area contributed by atoms with Gasteiger partial charge in [-0.05, 0) is 38.0 Å². The maximum atomic E-state index is 5.94. The molecular weight excluding hydrogens is 208 g/mol. The SMILES string of the molecule is CC[SiH](CC[SiH](CC)OC(C)C)OC. The van der Waals surface area contributed by atoms with Crippen LogP contribution in [0.1, 0.15) is 27.7 Å². The molecule has 0 heterocycles. The van der Waals surface area contributed by atoms with Crippen LogP contribution in [0.25, 0.3) is 0 Å². The van der Waals surface area contributed by atoms with Crippen LogP contribution in [0.4, 0.5) is 0 Å². The first kappa shape index (κ1) is 14.4. The average molecular weight is 234 g/mol. The fourth-order valence-electron chi connectivity index (χ4n) is 1.61. The Morgan fingerprint density at radius 2 is 1.50 bits per heavy atom. The van der Waals surface area contributed by atoms with Gasteiger partial charge in [-0.25, -0.2) is 0 Å². The number of hydrogen-bond acceptors (Lipinski definition) is 2. The van der Waals surface area contributed by atoms with Crippen molar-refractivity contribution < 1.29 is 8.85 Å². The zero-order valence-electron chi connectivity index (χ0n) is 10.4. The van der Waals surface area contributed by atoms with Gasteiger partial charge in [0, 0.05) is 13.2 Å². The second-order valence-corrected chi connectivity index (χ2v) is 10.1. The summed E-state index contributed by atoms with van der Waals surface area (Å²) in [4.78, 5) is 0. The van der Waals surface area contributed by atoms with Gasteiger partial charge in [0.2, 0.25) is 0 Å². The Balaban J connectivity index is 3.70. The predicted octanol–water partition coefficient (Wildman–Crippen LogP) is 2.55. The first-order valence-electron chi connectivity index (χ1n) is 5.82. The first-order chi connectivity index (χ1) is 6.63. The summed E-state index contributed by atoms with van der Waals surface area (Å²) in [5.41, 5.74) is 0. The lowest BCUT2D eigenvalue weighted by molar-refractivity contribution is 0.242. The van der Waals surface area contributed by atoms with Gasteiger partial charge in [0.15, 0.2) is 18.1 Å². The topological polar surface area (TPSA) is 18.5 Å². The fourth-order valence-corrected chi connectivity index (χ4v) is 7.07. The minimum atomic E-state index is -0.900. The molecule has 0 rings (SSSR count). The van der Waals surface area contributed by atoms with E-state index in [9.17, 15) is 0 Å². The van der Waals surface area contributed by atoms with E-state index < -0.39 is 18.1 Å². The molecule has 0 aliphatic carbocycles. The van der Waals surface area contributed by atoms with Crippen LogP contribution < -0.4 is 0 Å². The maximum absolute atomic E-state index is 5.94. The molecule has 0 aromatic rings. The van der Waals surface area contributed by atoms with E-state index in [1.54, 1.807) is 0 Å². The molecule has 0 saturated heterocycles. The third kappa shape index (κ3) is 6.76. The van der Waals surface area contributed by atoms with E-state index in [-0.39, 0.29) is 0 Å². The number of hydrogen-bond donors (Lipinski definition) is 0. The number of rotatable bonds is 8. The van der Waals surface area contributed by atoms with E-state index in [2.05, 4.69) is 27.7 Å². The molecule has 0 fully saturated rings. The van der Waals surface area contributed by atoms with Crippen molar-refractivity contribution in [2.45, 2.75) is 58.0 Å². The molecule has 0 aromatic heterocycles. The summed E-state index contributed by atoms with van der Waals surface area (Å²) < 4.78 is 11.4. The Morgan fingerprint density at radius 3 is 1.86 bits per heavy atom. The first-order valence-corrected chi connectivity index (χ1v) is 10.0. The maximum Gasteiger partial charge on any atom is 0.176 e. The quantitative estimate of drug-likeness (QED) is 0.601. The van der Waals surface area contributed by atoms with Crippen molar-refractivity contribution in [3.63, 3.8) is 0 Å². The summed E-state index contributed by atoms with van der Waals surface area (Å²) in [6.45, 7) is 8.78. The van der Waals surface area contributed by atoms with E-state index in [0.717, 1.165) is 0 Å². The van der Waals surface area contributed by atoms with E-state index in [0.29, 0.717) is 6.10 Å². The predicted molar refractivity (Wildman–Crippen MR) is 68.1 cm³/mol. The standard InChI is InChI=1S/C10H26O2Si2/c1-6-13(11-5)8-9-14(7-2)12-10(3)4/h10,13-14H,6-9H2,1-5H3. The van der Waals surface area contributed by atoms with E-state index in [4.69, 9.17) is 8.85 Å². The summed E-state index contributed by atoms with van der Waals surface area (Å²) in [7, 11) is 0.114. The highest BCUT2D eigenvalue weighted by molar-refractivity contribution is 6.57. The molecule has 0 saturated carbocycles. The molecule has 0 spiro atoms. The lowest BCUT2D eigenvalue weighted by Crippen LogP contribution is -2.24. The van der Waals surface area contributed by atoms with Crippen LogP contribution in [-0.2, 0) is 8.85 Å². The third-order valence-electron chi connectivity index (χ3n) is 2.52. The summed E-state index contributed by atoms with van der Waals surface area (Å²) in [6.07, 6.45) is 0.413. The molecule has 0 radical (unpaired) electrons. The van der Waals surface area contributed by atoms with Gasteiger partial charge in [0.1, 0.15) is 0 Å². The zero-order valence-corrected chi connectivity index (χ0v) is 12.7. The Morgan fingerprint density at radius 1 is 1.00 bits per heavy atom. The van der Waals surface area contributed by atoms with Crippen LogP contribution in [0.15, 0.2) is 0 Å². The van der Waals surface area contributed by atoms with Gasteiger partial charge in [0.05, 0.1) is 0 Å². The second kappa shape index (κ2) is 8.65. The van der Waals surface area contributed by atoms with Crippen LogP contribution >= 0.6 is 0 Å². The lowest BCUT2D eigenvalue weighted by Gasteiger charge is -2.19. The molecule has 0 aliphatic heterocycles. The Hall–Kier alpha value is 0.354. The molecule has 14 heavy (non-hydrogen) atoms. The van der Waals surface area contributed by atoms with Crippen molar-refractivity contribution in [3.8, 4) is 0 Å². The smallest absolute Gasteiger partial charge is 0.176 e.